The summed E-state index contributed by atoms with van der Waals surface area (Å²) in [5.41, 5.74) is 3.22. The van der Waals surface area contributed by atoms with Crippen LogP contribution in [0.25, 0.3) is 11.0 Å². The molecule has 1 saturated heterocycles. The molecule has 0 aliphatic carbocycles. The summed E-state index contributed by atoms with van der Waals surface area (Å²) >= 11 is 6.32. The lowest BCUT2D eigenvalue weighted by molar-refractivity contribution is 0.575. The molecule has 96 valence electrons. The Labute approximate surface area is 112 Å². The van der Waals surface area contributed by atoms with Crippen LogP contribution in [0, 0.1) is 6.92 Å². The van der Waals surface area contributed by atoms with E-state index in [-0.39, 0.29) is 0 Å². The van der Waals surface area contributed by atoms with E-state index in [2.05, 4.69) is 29.9 Å². The van der Waals surface area contributed by atoms with Crippen LogP contribution in [0.3, 0.4) is 0 Å². The highest BCUT2D eigenvalue weighted by Gasteiger charge is 2.18. The third-order valence-corrected chi connectivity index (χ3v) is 4.04. The number of rotatable bonds is 2. The molecule has 2 aromatic rings. The Bertz CT molecular complexity index is 582. The van der Waals surface area contributed by atoms with Gasteiger partial charge in [-0.1, -0.05) is 11.6 Å². The van der Waals surface area contributed by atoms with Crippen molar-refractivity contribution in [3.8, 4) is 0 Å². The second-order valence-corrected chi connectivity index (χ2v) is 5.61. The number of halogens is 1. The first-order valence-electron chi connectivity index (χ1n) is 6.50. The number of benzene rings is 1. The number of aromatic nitrogens is 2. The molecule has 1 aromatic carbocycles. The lowest BCUT2D eigenvalue weighted by Gasteiger charge is -2.09. The molecule has 0 spiro atoms. The number of hydrogen-bond donors (Lipinski definition) is 1. The second kappa shape index (κ2) is 4.56. The third kappa shape index (κ3) is 2.02. The predicted molar refractivity (Wildman–Crippen MR) is 75.2 cm³/mol. The molecular weight excluding hydrogens is 246 g/mol. The van der Waals surface area contributed by atoms with E-state index < -0.39 is 0 Å². The molecule has 3 rings (SSSR count). The molecule has 0 radical (unpaired) electrons. The minimum absolute atomic E-state index is 0.570. The summed E-state index contributed by atoms with van der Waals surface area (Å²) in [4.78, 5) is 4.74. The molecule has 0 amide bonds. The van der Waals surface area contributed by atoms with E-state index in [9.17, 15) is 0 Å². The van der Waals surface area contributed by atoms with Crippen LogP contribution in [0.1, 0.15) is 24.2 Å². The van der Waals surface area contributed by atoms with Crippen molar-refractivity contribution < 1.29 is 0 Å². The van der Waals surface area contributed by atoms with E-state index in [0.29, 0.717) is 6.04 Å². The van der Waals surface area contributed by atoms with Gasteiger partial charge in [-0.05, 0) is 44.0 Å². The third-order valence-electron chi connectivity index (χ3n) is 3.75. The molecule has 0 saturated carbocycles. The SMILES string of the molecule is Cc1cc(Cl)c2c(c1)nc(CC1CCCN1)n2C. The molecule has 1 aromatic heterocycles. The van der Waals surface area contributed by atoms with Gasteiger partial charge in [0.25, 0.3) is 0 Å². The van der Waals surface area contributed by atoms with Crippen molar-refractivity contribution in [1.29, 1.82) is 0 Å². The molecule has 0 bridgehead atoms. The summed E-state index contributed by atoms with van der Waals surface area (Å²) in [6.07, 6.45) is 3.50. The zero-order valence-corrected chi connectivity index (χ0v) is 11.6. The normalized spacial score (nSPS) is 19.8. The van der Waals surface area contributed by atoms with Gasteiger partial charge in [-0.3, -0.25) is 0 Å². The second-order valence-electron chi connectivity index (χ2n) is 5.20. The minimum atomic E-state index is 0.570. The molecule has 1 N–H and O–H groups in total. The Morgan fingerprint density at radius 3 is 3.06 bits per heavy atom. The number of aryl methyl sites for hydroxylation is 2. The summed E-state index contributed by atoms with van der Waals surface area (Å²) in [5.74, 6) is 1.12. The molecule has 1 unspecified atom stereocenters. The Hall–Kier alpha value is -1.06. The summed E-state index contributed by atoms with van der Waals surface area (Å²) in [6.45, 7) is 3.19. The van der Waals surface area contributed by atoms with Gasteiger partial charge in [0.05, 0.1) is 16.1 Å². The van der Waals surface area contributed by atoms with Gasteiger partial charge in [-0.25, -0.2) is 4.98 Å². The highest BCUT2D eigenvalue weighted by Crippen LogP contribution is 2.26. The van der Waals surface area contributed by atoms with Crippen LogP contribution in [-0.2, 0) is 13.5 Å². The van der Waals surface area contributed by atoms with E-state index in [1.54, 1.807) is 0 Å². The largest absolute Gasteiger partial charge is 0.330 e. The van der Waals surface area contributed by atoms with E-state index >= 15 is 0 Å². The number of imidazole rings is 1. The molecule has 1 atom stereocenters. The van der Waals surface area contributed by atoms with Gasteiger partial charge >= 0.3 is 0 Å². The molecular formula is C14H18ClN3. The molecule has 18 heavy (non-hydrogen) atoms. The predicted octanol–water partition coefficient (Wildman–Crippen LogP) is 2.83. The van der Waals surface area contributed by atoms with Crippen molar-refractivity contribution in [2.45, 2.75) is 32.2 Å². The number of fused-ring (bicyclic) bond motifs is 1. The van der Waals surface area contributed by atoms with Crippen molar-refractivity contribution in [2.24, 2.45) is 7.05 Å². The zero-order chi connectivity index (χ0) is 12.7. The van der Waals surface area contributed by atoms with Crippen molar-refractivity contribution in [3.63, 3.8) is 0 Å². The molecule has 4 heteroatoms. The van der Waals surface area contributed by atoms with Gasteiger partial charge in [-0.15, -0.1) is 0 Å². The van der Waals surface area contributed by atoms with E-state index in [1.165, 1.54) is 12.8 Å². The maximum atomic E-state index is 6.32. The summed E-state index contributed by atoms with van der Waals surface area (Å²) < 4.78 is 2.14. The fourth-order valence-corrected chi connectivity index (χ4v) is 3.21. The van der Waals surface area contributed by atoms with Gasteiger partial charge < -0.3 is 9.88 Å². The monoisotopic (exact) mass is 263 g/mol. The van der Waals surface area contributed by atoms with Gasteiger partial charge in [0, 0.05) is 19.5 Å². The number of nitrogens with one attached hydrogen (secondary N) is 1. The highest BCUT2D eigenvalue weighted by molar-refractivity contribution is 6.35. The molecule has 1 aliphatic heterocycles. The van der Waals surface area contributed by atoms with Crippen LogP contribution < -0.4 is 5.32 Å². The molecule has 1 fully saturated rings. The van der Waals surface area contributed by atoms with Gasteiger partial charge in [0.2, 0.25) is 0 Å². The first-order chi connectivity index (χ1) is 8.65. The van der Waals surface area contributed by atoms with Gasteiger partial charge in [-0.2, -0.15) is 0 Å². The summed E-state index contributed by atoms with van der Waals surface area (Å²) in [6, 6.07) is 4.68. The molecule has 2 heterocycles. The maximum Gasteiger partial charge on any atom is 0.111 e. The summed E-state index contributed by atoms with van der Waals surface area (Å²) in [5, 5.41) is 4.31. The topological polar surface area (TPSA) is 29.9 Å². The standard InChI is InChI=1S/C14H18ClN3/c1-9-6-11(15)14-12(7-9)17-13(18(14)2)8-10-4-3-5-16-10/h6-7,10,16H,3-5,8H2,1-2H3. The van der Waals surface area contributed by atoms with Crippen LogP contribution in [0.5, 0.6) is 0 Å². The van der Waals surface area contributed by atoms with Crippen molar-refractivity contribution in [1.82, 2.24) is 14.9 Å². The minimum Gasteiger partial charge on any atom is -0.330 e. The lowest BCUT2D eigenvalue weighted by Crippen LogP contribution is -2.25. The first-order valence-corrected chi connectivity index (χ1v) is 6.88. The maximum absolute atomic E-state index is 6.32. The van der Waals surface area contributed by atoms with Gasteiger partial charge in [0.1, 0.15) is 5.82 Å². The number of nitrogens with zero attached hydrogens (tertiary/aromatic N) is 2. The highest BCUT2D eigenvalue weighted by atomic mass is 35.5. The van der Waals surface area contributed by atoms with Crippen molar-refractivity contribution in [3.05, 3.63) is 28.5 Å². The fourth-order valence-electron chi connectivity index (χ4n) is 2.81. The number of hydrogen-bond acceptors (Lipinski definition) is 2. The van der Waals surface area contributed by atoms with Crippen LogP contribution in [0.2, 0.25) is 5.02 Å². The Morgan fingerprint density at radius 2 is 2.33 bits per heavy atom. The van der Waals surface area contributed by atoms with Gasteiger partial charge in [0.15, 0.2) is 0 Å². The molecule has 3 nitrogen and oxygen atoms in total. The first kappa shape index (κ1) is 12.0. The van der Waals surface area contributed by atoms with Crippen LogP contribution in [0.4, 0.5) is 0 Å². The average molecular weight is 264 g/mol. The van der Waals surface area contributed by atoms with E-state index in [4.69, 9.17) is 16.6 Å². The quantitative estimate of drug-likeness (QED) is 0.903. The van der Waals surface area contributed by atoms with Crippen LogP contribution >= 0.6 is 11.6 Å². The summed E-state index contributed by atoms with van der Waals surface area (Å²) in [7, 11) is 2.06. The lowest BCUT2D eigenvalue weighted by atomic mass is 10.1. The Morgan fingerprint density at radius 1 is 1.50 bits per heavy atom. The van der Waals surface area contributed by atoms with Crippen molar-refractivity contribution >= 4 is 22.6 Å². The molecule has 1 aliphatic rings. The fraction of sp³-hybridized carbons (Fsp3) is 0.500. The Balaban J connectivity index is 2.02. The Kier molecular flexibility index (Phi) is 3.04. The average Bonchev–Trinajstić information content (AvgIpc) is 2.88. The van der Waals surface area contributed by atoms with E-state index in [1.807, 2.05) is 6.07 Å². The van der Waals surface area contributed by atoms with Crippen molar-refractivity contribution in [2.75, 3.05) is 6.54 Å². The van der Waals surface area contributed by atoms with Crippen LogP contribution in [0.15, 0.2) is 12.1 Å². The zero-order valence-electron chi connectivity index (χ0n) is 10.8. The smallest absolute Gasteiger partial charge is 0.111 e. The van der Waals surface area contributed by atoms with E-state index in [0.717, 1.165) is 40.4 Å². The van der Waals surface area contributed by atoms with Crippen LogP contribution in [-0.4, -0.2) is 22.1 Å².